The number of benzene rings is 1. The minimum Gasteiger partial charge on any atom is -0.353 e. The van der Waals surface area contributed by atoms with Gasteiger partial charge >= 0.3 is 0 Å². The Kier molecular flexibility index (Phi) is 2.30. The molecule has 0 bridgehead atoms. The van der Waals surface area contributed by atoms with Crippen molar-refractivity contribution in [3.05, 3.63) is 58.8 Å². The summed E-state index contributed by atoms with van der Waals surface area (Å²) < 4.78 is 0. The van der Waals surface area contributed by atoms with Crippen LogP contribution in [0.15, 0.2) is 48.7 Å². The monoisotopic (exact) mass is 239 g/mol. The third kappa shape index (κ3) is 1.62. The summed E-state index contributed by atoms with van der Waals surface area (Å²) in [5.41, 5.74) is 2.39. The van der Waals surface area contributed by atoms with Crippen molar-refractivity contribution < 1.29 is 4.92 Å². The number of nitro groups is 1. The molecule has 1 N–H and O–H groups in total. The molecule has 2 aromatic heterocycles. The summed E-state index contributed by atoms with van der Waals surface area (Å²) in [7, 11) is 0. The molecule has 0 saturated heterocycles. The number of H-pyrrole nitrogens is 1. The summed E-state index contributed by atoms with van der Waals surface area (Å²) in [6.45, 7) is 0. The molecule has 0 atom stereocenters. The second kappa shape index (κ2) is 3.96. The number of pyridine rings is 1. The van der Waals surface area contributed by atoms with Crippen molar-refractivity contribution >= 4 is 16.6 Å². The van der Waals surface area contributed by atoms with Gasteiger partial charge in [0, 0.05) is 12.3 Å². The Hall–Kier alpha value is -2.69. The van der Waals surface area contributed by atoms with E-state index in [1.807, 2.05) is 24.3 Å². The van der Waals surface area contributed by atoms with E-state index in [4.69, 9.17) is 0 Å². The second-order valence-electron chi connectivity index (χ2n) is 3.89. The van der Waals surface area contributed by atoms with Gasteiger partial charge < -0.3 is 4.98 Å². The Labute approximate surface area is 102 Å². The van der Waals surface area contributed by atoms with Crippen LogP contribution in [0.5, 0.6) is 0 Å². The first-order chi connectivity index (χ1) is 8.75. The van der Waals surface area contributed by atoms with E-state index in [-0.39, 0.29) is 10.6 Å². The molecule has 0 fully saturated rings. The molecule has 18 heavy (non-hydrogen) atoms. The molecule has 0 aliphatic carbocycles. The molecule has 1 aromatic carbocycles. The minimum absolute atomic E-state index is 0.103. The third-order valence-corrected chi connectivity index (χ3v) is 2.78. The van der Waals surface area contributed by atoms with E-state index in [9.17, 15) is 10.1 Å². The molecule has 0 unspecified atom stereocenters. The smallest absolute Gasteiger partial charge is 0.278 e. The Morgan fingerprint density at radius 3 is 2.78 bits per heavy atom. The summed E-state index contributed by atoms with van der Waals surface area (Å²) in [6.07, 6.45) is 1.69. The van der Waals surface area contributed by atoms with Crippen LogP contribution in [0, 0.1) is 10.1 Å². The number of nitrogens with zero attached hydrogens (tertiary/aromatic N) is 2. The number of nitrogens with one attached hydrogen (secondary N) is 1. The zero-order valence-electron chi connectivity index (χ0n) is 9.33. The van der Waals surface area contributed by atoms with Gasteiger partial charge in [-0.1, -0.05) is 12.1 Å². The van der Waals surface area contributed by atoms with E-state index in [0.717, 1.165) is 16.9 Å². The molecule has 2 heterocycles. The van der Waals surface area contributed by atoms with Crippen molar-refractivity contribution in [3.8, 4) is 11.4 Å². The molecule has 5 nitrogen and oxygen atoms in total. The average Bonchev–Trinajstić information content (AvgIpc) is 2.83. The zero-order chi connectivity index (χ0) is 12.5. The van der Waals surface area contributed by atoms with Crippen molar-refractivity contribution in [3.63, 3.8) is 0 Å². The van der Waals surface area contributed by atoms with Crippen LogP contribution in [0.1, 0.15) is 0 Å². The van der Waals surface area contributed by atoms with E-state index in [1.54, 1.807) is 18.3 Å². The maximum absolute atomic E-state index is 10.9. The van der Waals surface area contributed by atoms with Crippen molar-refractivity contribution in [2.24, 2.45) is 0 Å². The highest BCUT2D eigenvalue weighted by Crippen LogP contribution is 2.29. The van der Waals surface area contributed by atoms with E-state index in [2.05, 4.69) is 9.97 Å². The quantitative estimate of drug-likeness (QED) is 0.551. The molecule has 0 radical (unpaired) electrons. The summed E-state index contributed by atoms with van der Waals surface area (Å²) in [4.78, 5) is 17.9. The highest BCUT2D eigenvalue weighted by Gasteiger charge is 2.14. The number of fused-ring (bicyclic) bond motifs is 1. The second-order valence-corrected chi connectivity index (χ2v) is 3.89. The van der Waals surface area contributed by atoms with Crippen LogP contribution in [0.4, 0.5) is 5.69 Å². The van der Waals surface area contributed by atoms with Crippen molar-refractivity contribution in [2.45, 2.75) is 0 Å². The van der Waals surface area contributed by atoms with Crippen LogP contribution in [0.3, 0.4) is 0 Å². The Bertz CT molecular complexity index is 719. The summed E-state index contributed by atoms with van der Waals surface area (Å²) >= 11 is 0. The van der Waals surface area contributed by atoms with Gasteiger partial charge in [-0.3, -0.25) is 15.1 Å². The minimum atomic E-state index is -0.377. The highest BCUT2D eigenvalue weighted by molar-refractivity contribution is 5.92. The number of aromatic amines is 1. The van der Waals surface area contributed by atoms with Gasteiger partial charge in [0.1, 0.15) is 0 Å². The predicted octanol–water partition coefficient (Wildman–Crippen LogP) is 3.14. The average molecular weight is 239 g/mol. The normalized spacial score (nSPS) is 10.7. The molecule has 88 valence electrons. The maximum atomic E-state index is 10.9. The third-order valence-electron chi connectivity index (χ3n) is 2.78. The lowest BCUT2D eigenvalue weighted by Crippen LogP contribution is -1.87. The summed E-state index contributed by atoms with van der Waals surface area (Å²) in [6, 6.07) is 12.3. The van der Waals surface area contributed by atoms with Gasteiger partial charge in [0.2, 0.25) is 0 Å². The molecule has 0 amide bonds. The fraction of sp³-hybridized carbons (Fsp3) is 0. The molecule has 0 spiro atoms. The van der Waals surface area contributed by atoms with Gasteiger partial charge in [-0.15, -0.1) is 0 Å². The summed E-state index contributed by atoms with van der Waals surface area (Å²) in [5.74, 6) is 0. The number of nitro benzene ring substituents is 1. The molecular formula is C13H9N3O2. The Balaban J connectivity index is 2.23. The SMILES string of the molecule is O=[N+]([O-])c1cccc2[nH]c(-c3ccccn3)cc12. The van der Waals surface area contributed by atoms with Gasteiger partial charge in [-0.25, -0.2) is 0 Å². The maximum Gasteiger partial charge on any atom is 0.278 e. The number of rotatable bonds is 2. The highest BCUT2D eigenvalue weighted by atomic mass is 16.6. The lowest BCUT2D eigenvalue weighted by molar-refractivity contribution is -0.383. The number of hydrogen-bond donors (Lipinski definition) is 1. The van der Waals surface area contributed by atoms with Crippen LogP contribution in [0.25, 0.3) is 22.3 Å². The van der Waals surface area contributed by atoms with Crippen LogP contribution in [-0.2, 0) is 0 Å². The molecule has 3 aromatic rings. The van der Waals surface area contributed by atoms with Crippen molar-refractivity contribution in [2.75, 3.05) is 0 Å². The van der Waals surface area contributed by atoms with Gasteiger partial charge in [0.25, 0.3) is 5.69 Å². The first-order valence-electron chi connectivity index (χ1n) is 5.43. The molecule has 0 aliphatic heterocycles. The van der Waals surface area contributed by atoms with Gasteiger partial charge in [-0.05, 0) is 24.3 Å². The van der Waals surface area contributed by atoms with Crippen LogP contribution >= 0.6 is 0 Å². The number of aromatic nitrogens is 2. The van der Waals surface area contributed by atoms with Crippen LogP contribution in [0.2, 0.25) is 0 Å². The number of non-ortho nitro benzene ring substituents is 1. The molecule has 0 aliphatic rings. The standard InChI is InChI=1S/C13H9N3O2/c17-16(18)13-6-3-5-10-9(13)8-12(15-10)11-4-1-2-7-14-11/h1-8,15H. The van der Waals surface area contributed by atoms with E-state index in [0.29, 0.717) is 5.39 Å². The van der Waals surface area contributed by atoms with E-state index in [1.165, 1.54) is 6.07 Å². The topological polar surface area (TPSA) is 71.8 Å². The zero-order valence-corrected chi connectivity index (χ0v) is 9.33. The lowest BCUT2D eigenvalue weighted by Gasteiger charge is -1.93. The van der Waals surface area contributed by atoms with Gasteiger partial charge in [0.05, 0.1) is 27.2 Å². The van der Waals surface area contributed by atoms with E-state index >= 15 is 0 Å². The van der Waals surface area contributed by atoms with Crippen molar-refractivity contribution in [1.82, 2.24) is 9.97 Å². The van der Waals surface area contributed by atoms with Crippen molar-refractivity contribution in [1.29, 1.82) is 0 Å². The first-order valence-corrected chi connectivity index (χ1v) is 5.43. The van der Waals surface area contributed by atoms with Gasteiger partial charge in [-0.2, -0.15) is 0 Å². The lowest BCUT2D eigenvalue weighted by atomic mass is 10.2. The molecule has 0 saturated carbocycles. The van der Waals surface area contributed by atoms with Crippen LogP contribution in [-0.4, -0.2) is 14.9 Å². The fourth-order valence-electron chi connectivity index (χ4n) is 1.96. The largest absolute Gasteiger partial charge is 0.353 e. The van der Waals surface area contributed by atoms with E-state index < -0.39 is 0 Å². The summed E-state index contributed by atoms with van der Waals surface area (Å²) in [5, 5.41) is 11.5. The molecular weight excluding hydrogens is 230 g/mol. The molecule has 5 heteroatoms. The Morgan fingerprint density at radius 2 is 2.06 bits per heavy atom. The number of hydrogen-bond acceptors (Lipinski definition) is 3. The van der Waals surface area contributed by atoms with Crippen LogP contribution < -0.4 is 0 Å². The molecule has 3 rings (SSSR count). The fourth-order valence-corrected chi connectivity index (χ4v) is 1.96. The predicted molar refractivity (Wildman–Crippen MR) is 68.2 cm³/mol. The first kappa shape index (κ1) is 10.5. The van der Waals surface area contributed by atoms with Gasteiger partial charge in [0.15, 0.2) is 0 Å². The Morgan fingerprint density at radius 1 is 1.17 bits per heavy atom.